The van der Waals surface area contributed by atoms with Crippen LogP contribution in [0.15, 0.2) is 12.4 Å². The van der Waals surface area contributed by atoms with Gasteiger partial charge in [0, 0.05) is 58.3 Å². The SMILES string of the molecule is CC(=O)N1CCN(C(=O)CCN(C(=O)c2cnc(C)cn2)C2CC2)CC1. The molecule has 8 heteroatoms. The molecule has 0 aromatic carbocycles. The molecule has 1 aromatic rings. The number of aryl methyl sites for hydroxylation is 1. The highest BCUT2D eigenvalue weighted by Gasteiger charge is 2.34. The Bertz CT molecular complexity index is 679. The number of rotatable bonds is 5. The maximum Gasteiger partial charge on any atom is 0.274 e. The fourth-order valence-corrected chi connectivity index (χ4v) is 3.13. The van der Waals surface area contributed by atoms with E-state index in [4.69, 9.17) is 0 Å². The van der Waals surface area contributed by atoms with Crippen molar-refractivity contribution in [3.63, 3.8) is 0 Å². The predicted molar refractivity (Wildman–Crippen MR) is 94.3 cm³/mol. The van der Waals surface area contributed by atoms with Gasteiger partial charge in [0.1, 0.15) is 5.69 Å². The quantitative estimate of drug-likeness (QED) is 0.763. The molecule has 1 saturated carbocycles. The van der Waals surface area contributed by atoms with E-state index in [9.17, 15) is 14.4 Å². The van der Waals surface area contributed by atoms with Gasteiger partial charge in [0.2, 0.25) is 11.8 Å². The predicted octanol–water partition coefficient (Wildman–Crippen LogP) is 0.470. The molecule has 1 aliphatic carbocycles. The monoisotopic (exact) mass is 359 g/mol. The summed E-state index contributed by atoms with van der Waals surface area (Å²) < 4.78 is 0. The third kappa shape index (κ3) is 4.36. The van der Waals surface area contributed by atoms with Crippen LogP contribution >= 0.6 is 0 Å². The molecule has 0 atom stereocenters. The minimum atomic E-state index is -0.158. The van der Waals surface area contributed by atoms with E-state index in [1.165, 1.54) is 6.20 Å². The summed E-state index contributed by atoms with van der Waals surface area (Å²) in [7, 11) is 0. The summed E-state index contributed by atoms with van der Waals surface area (Å²) in [6.07, 6.45) is 5.31. The normalized spacial score (nSPS) is 17.2. The maximum absolute atomic E-state index is 12.7. The van der Waals surface area contributed by atoms with Crippen molar-refractivity contribution < 1.29 is 14.4 Å². The first-order valence-corrected chi connectivity index (χ1v) is 9.08. The van der Waals surface area contributed by atoms with E-state index in [1.54, 1.807) is 27.8 Å². The van der Waals surface area contributed by atoms with Gasteiger partial charge in [-0.05, 0) is 19.8 Å². The lowest BCUT2D eigenvalue weighted by molar-refractivity contribution is -0.138. The van der Waals surface area contributed by atoms with Gasteiger partial charge >= 0.3 is 0 Å². The molecule has 8 nitrogen and oxygen atoms in total. The summed E-state index contributed by atoms with van der Waals surface area (Å²) in [5, 5.41) is 0. The number of nitrogens with zero attached hydrogens (tertiary/aromatic N) is 5. The smallest absolute Gasteiger partial charge is 0.274 e. The third-order valence-electron chi connectivity index (χ3n) is 4.89. The number of carbonyl (C=O) groups excluding carboxylic acids is 3. The van der Waals surface area contributed by atoms with Crippen LogP contribution in [-0.4, -0.2) is 81.2 Å². The van der Waals surface area contributed by atoms with Crippen LogP contribution in [0.2, 0.25) is 0 Å². The minimum Gasteiger partial charge on any atom is -0.339 e. The second-order valence-electron chi connectivity index (χ2n) is 6.91. The van der Waals surface area contributed by atoms with E-state index in [-0.39, 0.29) is 23.8 Å². The molecule has 0 bridgehead atoms. The first kappa shape index (κ1) is 18.3. The highest BCUT2D eigenvalue weighted by Crippen LogP contribution is 2.28. The van der Waals surface area contributed by atoms with Crippen LogP contribution in [0.25, 0.3) is 0 Å². The van der Waals surface area contributed by atoms with E-state index in [0.717, 1.165) is 18.5 Å². The number of amides is 3. The van der Waals surface area contributed by atoms with Crippen LogP contribution in [0.5, 0.6) is 0 Å². The van der Waals surface area contributed by atoms with E-state index < -0.39 is 0 Å². The Balaban J connectivity index is 1.54. The van der Waals surface area contributed by atoms with Gasteiger partial charge in [-0.25, -0.2) is 4.98 Å². The fourth-order valence-electron chi connectivity index (χ4n) is 3.13. The summed E-state index contributed by atoms with van der Waals surface area (Å²) in [5.74, 6) is -0.0855. The standard InChI is InChI=1S/C18H25N5O3/c1-13-11-20-16(12-19-13)18(26)23(15-3-4-15)6-5-17(25)22-9-7-21(8-10-22)14(2)24/h11-12,15H,3-10H2,1-2H3. The summed E-state index contributed by atoms with van der Waals surface area (Å²) in [5.41, 5.74) is 1.09. The van der Waals surface area contributed by atoms with Gasteiger partial charge < -0.3 is 14.7 Å². The molecular formula is C18H25N5O3. The van der Waals surface area contributed by atoms with Crippen LogP contribution in [0, 0.1) is 6.92 Å². The molecule has 1 aromatic heterocycles. The van der Waals surface area contributed by atoms with Crippen molar-refractivity contribution in [3.05, 3.63) is 23.8 Å². The molecule has 1 aliphatic heterocycles. The van der Waals surface area contributed by atoms with Crippen molar-refractivity contribution in [1.82, 2.24) is 24.7 Å². The van der Waals surface area contributed by atoms with E-state index in [1.807, 2.05) is 6.92 Å². The first-order chi connectivity index (χ1) is 12.5. The molecular weight excluding hydrogens is 334 g/mol. The lowest BCUT2D eigenvalue weighted by atomic mass is 10.2. The summed E-state index contributed by atoms with van der Waals surface area (Å²) >= 11 is 0. The number of carbonyl (C=O) groups is 3. The number of aromatic nitrogens is 2. The average molecular weight is 359 g/mol. The van der Waals surface area contributed by atoms with E-state index >= 15 is 0 Å². The molecule has 0 N–H and O–H groups in total. The van der Waals surface area contributed by atoms with Crippen LogP contribution in [0.4, 0.5) is 0 Å². The lowest BCUT2D eigenvalue weighted by Gasteiger charge is -2.34. The van der Waals surface area contributed by atoms with Crippen molar-refractivity contribution in [2.75, 3.05) is 32.7 Å². The number of piperazine rings is 1. The van der Waals surface area contributed by atoms with Crippen molar-refractivity contribution in [2.24, 2.45) is 0 Å². The zero-order valence-electron chi connectivity index (χ0n) is 15.3. The maximum atomic E-state index is 12.7. The second-order valence-corrected chi connectivity index (χ2v) is 6.91. The molecule has 0 spiro atoms. The molecule has 2 aliphatic rings. The van der Waals surface area contributed by atoms with E-state index in [0.29, 0.717) is 44.8 Å². The zero-order valence-corrected chi connectivity index (χ0v) is 15.3. The first-order valence-electron chi connectivity index (χ1n) is 9.08. The van der Waals surface area contributed by atoms with Crippen molar-refractivity contribution >= 4 is 17.7 Å². The number of hydrogen-bond donors (Lipinski definition) is 0. The van der Waals surface area contributed by atoms with Crippen molar-refractivity contribution in [3.8, 4) is 0 Å². The molecule has 2 fully saturated rings. The lowest BCUT2D eigenvalue weighted by Crippen LogP contribution is -2.50. The Morgan fingerprint density at radius 2 is 1.73 bits per heavy atom. The molecule has 26 heavy (non-hydrogen) atoms. The van der Waals surface area contributed by atoms with Gasteiger partial charge in [0.05, 0.1) is 11.9 Å². The Kier molecular flexibility index (Phi) is 5.49. The largest absolute Gasteiger partial charge is 0.339 e. The van der Waals surface area contributed by atoms with E-state index in [2.05, 4.69) is 9.97 Å². The highest BCUT2D eigenvalue weighted by molar-refractivity contribution is 5.92. The van der Waals surface area contributed by atoms with Gasteiger partial charge in [-0.3, -0.25) is 19.4 Å². The molecule has 140 valence electrons. The van der Waals surface area contributed by atoms with Crippen LogP contribution in [0.3, 0.4) is 0 Å². The topological polar surface area (TPSA) is 86.7 Å². The fraction of sp³-hybridized carbons (Fsp3) is 0.611. The van der Waals surface area contributed by atoms with Crippen molar-refractivity contribution in [2.45, 2.75) is 39.2 Å². The van der Waals surface area contributed by atoms with Gasteiger partial charge in [0.15, 0.2) is 0 Å². The second kappa shape index (κ2) is 7.80. The van der Waals surface area contributed by atoms with Crippen LogP contribution in [0.1, 0.15) is 42.4 Å². The van der Waals surface area contributed by atoms with Gasteiger partial charge in [0.25, 0.3) is 5.91 Å². The van der Waals surface area contributed by atoms with Gasteiger partial charge in [-0.15, -0.1) is 0 Å². The van der Waals surface area contributed by atoms with Crippen molar-refractivity contribution in [1.29, 1.82) is 0 Å². The molecule has 1 saturated heterocycles. The Morgan fingerprint density at radius 3 is 2.27 bits per heavy atom. The molecule has 3 amide bonds. The zero-order chi connectivity index (χ0) is 18.7. The number of hydrogen-bond acceptors (Lipinski definition) is 5. The Labute approximate surface area is 153 Å². The van der Waals surface area contributed by atoms with Gasteiger partial charge in [-0.1, -0.05) is 0 Å². The average Bonchev–Trinajstić information content (AvgIpc) is 3.47. The third-order valence-corrected chi connectivity index (χ3v) is 4.89. The summed E-state index contributed by atoms with van der Waals surface area (Å²) in [6, 6.07) is 0.202. The Hall–Kier alpha value is -2.51. The molecule has 3 rings (SSSR count). The highest BCUT2D eigenvalue weighted by atomic mass is 16.2. The molecule has 0 radical (unpaired) electrons. The molecule has 0 unspecified atom stereocenters. The summed E-state index contributed by atoms with van der Waals surface area (Å²) in [4.78, 5) is 50.1. The summed E-state index contributed by atoms with van der Waals surface area (Å²) in [6.45, 7) is 6.02. The molecule has 2 heterocycles. The van der Waals surface area contributed by atoms with Gasteiger partial charge in [-0.2, -0.15) is 0 Å². The Morgan fingerprint density at radius 1 is 1.08 bits per heavy atom. The van der Waals surface area contributed by atoms with Crippen LogP contribution < -0.4 is 0 Å². The minimum absolute atomic E-state index is 0.0293. The van der Waals surface area contributed by atoms with Crippen LogP contribution in [-0.2, 0) is 9.59 Å².